The van der Waals surface area contributed by atoms with Crippen LogP contribution in [0.3, 0.4) is 0 Å². The van der Waals surface area contributed by atoms with E-state index in [9.17, 15) is 4.39 Å². The molecule has 1 atom stereocenters. The minimum atomic E-state index is -0.139. The van der Waals surface area contributed by atoms with E-state index in [2.05, 4.69) is 0 Å². The van der Waals surface area contributed by atoms with Crippen LogP contribution in [0.15, 0.2) is 24.3 Å². The van der Waals surface area contributed by atoms with Gasteiger partial charge in [-0.2, -0.15) is 0 Å². The van der Waals surface area contributed by atoms with Crippen LogP contribution in [0.4, 0.5) is 4.39 Å². The molecule has 1 aromatic carbocycles. The van der Waals surface area contributed by atoms with Gasteiger partial charge in [0.1, 0.15) is 5.82 Å². The quantitative estimate of drug-likeness (QED) is 0.649. The van der Waals surface area contributed by atoms with Gasteiger partial charge in [0.05, 0.1) is 12.7 Å². The van der Waals surface area contributed by atoms with E-state index in [0.29, 0.717) is 6.10 Å². The highest BCUT2D eigenvalue weighted by atomic mass is 19.1. The Kier molecular flexibility index (Phi) is 2.60. The van der Waals surface area contributed by atoms with Crippen LogP contribution in [-0.2, 0) is 11.2 Å². The van der Waals surface area contributed by atoms with Crippen molar-refractivity contribution in [2.75, 3.05) is 6.61 Å². The molecule has 1 saturated heterocycles. The standard InChI is InChI=1S/C11H13FO/c12-10-5-1-3-9(7-10)4-2-6-11-8-13-11/h1,3,5,7,11H,2,4,6,8H2. The first-order valence-electron chi connectivity index (χ1n) is 4.70. The molecule has 0 N–H and O–H groups in total. The maximum Gasteiger partial charge on any atom is 0.123 e. The molecule has 13 heavy (non-hydrogen) atoms. The highest BCUT2D eigenvalue weighted by Gasteiger charge is 2.20. The van der Waals surface area contributed by atoms with E-state index in [0.717, 1.165) is 31.4 Å². The minimum absolute atomic E-state index is 0.139. The second-order valence-corrected chi connectivity index (χ2v) is 3.48. The molecule has 0 bridgehead atoms. The number of rotatable bonds is 4. The summed E-state index contributed by atoms with van der Waals surface area (Å²) < 4.78 is 17.8. The van der Waals surface area contributed by atoms with Crippen molar-refractivity contribution in [2.24, 2.45) is 0 Å². The molecular formula is C11H13FO. The first-order valence-corrected chi connectivity index (χ1v) is 4.70. The molecule has 1 aromatic rings. The molecule has 70 valence electrons. The lowest BCUT2D eigenvalue weighted by atomic mass is 10.1. The van der Waals surface area contributed by atoms with Gasteiger partial charge in [-0.3, -0.25) is 0 Å². The maximum absolute atomic E-state index is 12.7. The molecule has 0 amide bonds. The molecule has 1 fully saturated rings. The summed E-state index contributed by atoms with van der Waals surface area (Å²) >= 11 is 0. The summed E-state index contributed by atoms with van der Waals surface area (Å²) in [6.07, 6.45) is 3.65. The van der Waals surface area contributed by atoms with Crippen molar-refractivity contribution < 1.29 is 9.13 Å². The smallest absolute Gasteiger partial charge is 0.123 e. The van der Waals surface area contributed by atoms with Crippen molar-refractivity contribution >= 4 is 0 Å². The molecule has 1 nitrogen and oxygen atoms in total. The van der Waals surface area contributed by atoms with Gasteiger partial charge in [-0.25, -0.2) is 4.39 Å². The topological polar surface area (TPSA) is 12.5 Å². The Bertz CT molecular complexity index is 281. The predicted molar refractivity (Wildman–Crippen MR) is 49.1 cm³/mol. The zero-order chi connectivity index (χ0) is 9.10. The summed E-state index contributed by atoms with van der Waals surface area (Å²) in [7, 11) is 0. The first kappa shape index (κ1) is 8.70. The van der Waals surface area contributed by atoms with Crippen LogP contribution >= 0.6 is 0 Å². The van der Waals surface area contributed by atoms with Crippen molar-refractivity contribution in [3.63, 3.8) is 0 Å². The Morgan fingerprint density at radius 1 is 1.46 bits per heavy atom. The van der Waals surface area contributed by atoms with Gasteiger partial charge in [0.25, 0.3) is 0 Å². The van der Waals surface area contributed by atoms with Gasteiger partial charge in [-0.15, -0.1) is 0 Å². The van der Waals surface area contributed by atoms with Gasteiger partial charge in [-0.05, 0) is 37.0 Å². The number of benzene rings is 1. The third kappa shape index (κ3) is 2.81. The van der Waals surface area contributed by atoms with Gasteiger partial charge in [0.15, 0.2) is 0 Å². The molecule has 0 radical (unpaired) electrons. The first-order chi connectivity index (χ1) is 6.34. The molecular weight excluding hydrogens is 167 g/mol. The monoisotopic (exact) mass is 180 g/mol. The molecule has 0 spiro atoms. The lowest BCUT2D eigenvalue weighted by Gasteiger charge is -1.99. The van der Waals surface area contributed by atoms with Crippen LogP contribution < -0.4 is 0 Å². The van der Waals surface area contributed by atoms with E-state index in [4.69, 9.17) is 4.74 Å². The summed E-state index contributed by atoms with van der Waals surface area (Å²) in [5.74, 6) is -0.139. The molecule has 2 heteroatoms. The molecule has 0 saturated carbocycles. The summed E-state index contributed by atoms with van der Waals surface area (Å²) in [4.78, 5) is 0. The second kappa shape index (κ2) is 3.88. The normalized spacial score (nSPS) is 20.2. The average molecular weight is 180 g/mol. The lowest BCUT2D eigenvalue weighted by Crippen LogP contribution is -1.90. The van der Waals surface area contributed by atoms with Crippen molar-refractivity contribution in [3.8, 4) is 0 Å². The van der Waals surface area contributed by atoms with Gasteiger partial charge >= 0.3 is 0 Å². The van der Waals surface area contributed by atoms with Gasteiger partial charge in [0.2, 0.25) is 0 Å². The zero-order valence-electron chi connectivity index (χ0n) is 7.50. The van der Waals surface area contributed by atoms with Crippen LogP contribution in [0.25, 0.3) is 0 Å². The van der Waals surface area contributed by atoms with E-state index in [1.165, 1.54) is 6.07 Å². The molecule has 1 aliphatic heterocycles. The Balaban J connectivity index is 1.79. The molecule has 0 aromatic heterocycles. The fourth-order valence-electron chi connectivity index (χ4n) is 1.46. The number of halogens is 1. The fraction of sp³-hybridized carbons (Fsp3) is 0.455. The molecule has 1 aliphatic rings. The summed E-state index contributed by atoms with van der Waals surface area (Å²) in [5.41, 5.74) is 1.08. The molecule has 0 aliphatic carbocycles. The lowest BCUT2D eigenvalue weighted by molar-refractivity contribution is 0.392. The average Bonchev–Trinajstić information content (AvgIpc) is 2.88. The molecule has 1 unspecified atom stereocenters. The molecule has 2 rings (SSSR count). The highest BCUT2D eigenvalue weighted by molar-refractivity contribution is 5.16. The van der Waals surface area contributed by atoms with Crippen LogP contribution in [0.5, 0.6) is 0 Å². The molecule has 1 heterocycles. The Hall–Kier alpha value is -0.890. The Morgan fingerprint density at radius 3 is 3.00 bits per heavy atom. The van der Waals surface area contributed by atoms with E-state index < -0.39 is 0 Å². The van der Waals surface area contributed by atoms with Crippen molar-refractivity contribution in [1.29, 1.82) is 0 Å². The Morgan fingerprint density at radius 2 is 2.31 bits per heavy atom. The minimum Gasteiger partial charge on any atom is -0.373 e. The predicted octanol–water partition coefficient (Wildman–Crippen LogP) is 2.55. The van der Waals surface area contributed by atoms with Crippen LogP contribution in [0, 0.1) is 5.82 Å². The van der Waals surface area contributed by atoms with Crippen molar-refractivity contribution in [2.45, 2.75) is 25.4 Å². The summed E-state index contributed by atoms with van der Waals surface area (Å²) in [6.45, 7) is 0.920. The van der Waals surface area contributed by atoms with Crippen LogP contribution in [0.1, 0.15) is 18.4 Å². The maximum atomic E-state index is 12.7. The van der Waals surface area contributed by atoms with Crippen LogP contribution in [-0.4, -0.2) is 12.7 Å². The SMILES string of the molecule is Fc1cccc(CCCC2CO2)c1. The second-order valence-electron chi connectivity index (χ2n) is 3.48. The van der Waals surface area contributed by atoms with Gasteiger partial charge < -0.3 is 4.74 Å². The van der Waals surface area contributed by atoms with Crippen molar-refractivity contribution in [1.82, 2.24) is 0 Å². The van der Waals surface area contributed by atoms with E-state index in [-0.39, 0.29) is 5.82 Å². The van der Waals surface area contributed by atoms with E-state index in [1.807, 2.05) is 6.07 Å². The number of hydrogen-bond donors (Lipinski definition) is 0. The number of epoxide rings is 1. The largest absolute Gasteiger partial charge is 0.373 e. The van der Waals surface area contributed by atoms with E-state index in [1.54, 1.807) is 12.1 Å². The third-order valence-corrected chi connectivity index (χ3v) is 2.28. The van der Waals surface area contributed by atoms with Gasteiger partial charge in [-0.1, -0.05) is 12.1 Å². The number of hydrogen-bond acceptors (Lipinski definition) is 1. The van der Waals surface area contributed by atoms with Crippen molar-refractivity contribution in [3.05, 3.63) is 35.6 Å². The summed E-state index contributed by atoms with van der Waals surface area (Å²) in [5, 5.41) is 0. The Labute approximate surface area is 77.5 Å². The van der Waals surface area contributed by atoms with Crippen LogP contribution in [0.2, 0.25) is 0 Å². The zero-order valence-corrected chi connectivity index (χ0v) is 7.50. The number of aryl methyl sites for hydroxylation is 1. The van der Waals surface area contributed by atoms with E-state index >= 15 is 0 Å². The van der Waals surface area contributed by atoms with Gasteiger partial charge in [0, 0.05) is 0 Å². The highest BCUT2D eigenvalue weighted by Crippen LogP contribution is 2.17. The fourth-order valence-corrected chi connectivity index (χ4v) is 1.46. The number of ether oxygens (including phenoxy) is 1. The summed E-state index contributed by atoms with van der Waals surface area (Å²) in [6, 6.07) is 6.82. The third-order valence-electron chi connectivity index (χ3n) is 2.28.